The molecule has 0 spiro atoms. The molecule has 2 heterocycles. The molecule has 3 aromatic rings. The van der Waals surface area contributed by atoms with Gasteiger partial charge in [0, 0.05) is 63.0 Å². The maximum atomic E-state index is 13.5. The molecule has 2 saturated heterocycles. The smallest absolute Gasteiger partial charge is 0.369 e. The van der Waals surface area contributed by atoms with Crippen molar-refractivity contribution in [3.05, 3.63) is 102 Å². The molecule has 4 nitrogen and oxygen atoms in total. The lowest BCUT2D eigenvalue weighted by molar-refractivity contribution is -0.137. The number of carbonyl (C=O) groups is 1. The molecule has 0 N–H and O–H groups in total. The van der Waals surface area contributed by atoms with Crippen LogP contribution >= 0.6 is 0 Å². The van der Waals surface area contributed by atoms with Crippen LogP contribution in [-0.4, -0.2) is 61.5 Å². The number of hydrogen-bond donors (Lipinski definition) is 0. The van der Waals surface area contributed by atoms with Crippen molar-refractivity contribution in [2.45, 2.75) is 12.1 Å². The summed E-state index contributed by atoms with van der Waals surface area (Å²) in [4.78, 5) is 19.8. The van der Waals surface area contributed by atoms with E-state index in [1.807, 2.05) is 41.3 Å². The van der Waals surface area contributed by atoms with Gasteiger partial charge in [0.2, 0.25) is 0 Å². The van der Waals surface area contributed by atoms with Crippen LogP contribution in [0.25, 0.3) is 0 Å². The molecular weight excluding hydrogens is 463 g/mol. The fraction of sp³-hybridized carbons (Fsp3) is 0.345. The standard InChI is InChI=1S/C29H30F3N3O/c30-29(31,32)25-11-7-10-23(18-25)27-21-35(28(36)22-8-3-1-4-9-22)20-24(27)19-33-14-16-34(17-15-33)26-12-5-2-6-13-26/h1-13,18,24,27H,14-17,19-21H2/t24-,27+/m0/s1. The number of halogens is 3. The second-order valence-electron chi connectivity index (χ2n) is 9.69. The van der Waals surface area contributed by atoms with Crippen LogP contribution in [0.1, 0.15) is 27.4 Å². The lowest BCUT2D eigenvalue weighted by Gasteiger charge is -2.38. The highest BCUT2D eigenvalue weighted by Gasteiger charge is 2.39. The van der Waals surface area contributed by atoms with Gasteiger partial charge in [-0.3, -0.25) is 9.69 Å². The molecule has 7 heteroatoms. The molecular formula is C29H30F3N3O. The number of alkyl halides is 3. The summed E-state index contributed by atoms with van der Waals surface area (Å²) in [6, 6.07) is 25.1. The van der Waals surface area contributed by atoms with Crippen molar-refractivity contribution < 1.29 is 18.0 Å². The van der Waals surface area contributed by atoms with E-state index in [-0.39, 0.29) is 17.7 Å². The van der Waals surface area contributed by atoms with E-state index in [0.717, 1.165) is 38.8 Å². The van der Waals surface area contributed by atoms with Gasteiger partial charge >= 0.3 is 6.18 Å². The van der Waals surface area contributed by atoms with Crippen LogP contribution in [0.4, 0.5) is 18.9 Å². The molecule has 0 aliphatic carbocycles. The summed E-state index contributed by atoms with van der Waals surface area (Å²) in [5, 5.41) is 0. The Bertz CT molecular complexity index is 1160. The van der Waals surface area contributed by atoms with E-state index >= 15 is 0 Å². The van der Waals surface area contributed by atoms with Gasteiger partial charge in [0.15, 0.2) is 0 Å². The number of piperazine rings is 1. The first-order valence-electron chi connectivity index (χ1n) is 12.4. The zero-order valence-electron chi connectivity index (χ0n) is 20.1. The largest absolute Gasteiger partial charge is 0.416 e. The van der Waals surface area contributed by atoms with E-state index in [0.29, 0.717) is 24.2 Å². The molecule has 0 saturated carbocycles. The predicted molar refractivity (Wildman–Crippen MR) is 135 cm³/mol. The fourth-order valence-electron chi connectivity index (χ4n) is 5.47. The molecule has 0 bridgehead atoms. The third-order valence-corrected chi connectivity index (χ3v) is 7.38. The van der Waals surface area contributed by atoms with Crippen molar-refractivity contribution >= 4 is 11.6 Å². The highest BCUT2D eigenvalue weighted by molar-refractivity contribution is 5.94. The third-order valence-electron chi connectivity index (χ3n) is 7.38. The summed E-state index contributed by atoms with van der Waals surface area (Å²) < 4.78 is 40.4. The average Bonchev–Trinajstić information content (AvgIpc) is 3.33. The van der Waals surface area contributed by atoms with Crippen LogP contribution < -0.4 is 4.90 Å². The molecule has 0 aromatic heterocycles. The molecule has 36 heavy (non-hydrogen) atoms. The quantitative estimate of drug-likeness (QED) is 0.477. The molecule has 2 fully saturated rings. The lowest BCUT2D eigenvalue weighted by Crippen LogP contribution is -2.48. The number of amides is 1. The van der Waals surface area contributed by atoms with Crippen molar-refractivity contribution in [2.75, 3.05) is 50.7 Å². The van der Waals surface area contributed by atoms with Crippen LogP contribution in [0.2, 0.25) is 0 Å². The maximum Gasteiger partial charge on any atom is 0.416 e. The molecule has 2 aliphatic rings. The van der Waals surface area contributed by atoms with Gasteiger partial charge in [-0.25, -0.2) is 0 Å². The van der Waals surface area contributed by atoms with Crippen molar-refractivity contribution in [2.24, 2.45) is 5.92 Å². The van der Waals surface area contributed by atoms with Gasteiger partial charge < -0.3 is 9.80 Å². The number of rotatable bonds is 5. The van der Waals surface area contributed by atoms with E-state index < -0.39 is 11.7 Å². The molecule has 188 valence electrons. The number of nitrogens with zero attached hydrogens (tertiary/aromatic N) is 3. The maximum absolute atomic E-state index is 13.5. The van der Waals surface area contributed by atoms with E-state index in [1.54, 1.807) is 18.2 Å². The Kier molecular flexibility index (Phi) is 7.01. The Morgan fingerprint density at radius 3 is 2.14 bits per heavy atom. The van der Waals surface area contributed by atoms with Gasteiger partial charge in [-0.15, -0.1) is 0 Å². The Balaban J connectivity index is 1.33. The van der Waals surface area contributed by atoms with Gasteiger partial charge in [-0.05, 0) is 41.8 Å². The monoisotopic (exact) mass is 493 g/mol. The zero-order valence-corrected chi connectivity index (χ0v) is 20.1. The summed E-state index contributed by atoms with van der Waals surface area (Å²) in [5.74, 6) is -0.152. The Hall–Kier alpha value is -3.32. The van der Waals surface area contributed by atoms with Crippen molar-refractivity contribution in [1.82, 2.24) is 9.80 Å². The van der Waals surface area contributed by atoms with Gasteiger partial charge in [0.25, 0.3) is 5.91 Å². The van der Waals surface area contributed by atoms with Crippen LogP contribution in [-0.2, 0) is 6.18 Å². The minimum atomic E-state index is -4.39. The highest BCUT2D eigenvalue weighted by atomic mass is 19.4. The minimum Gasteiger partial charge on any atom is -0.369 e. The number of benzene rings is 3. The molecule has 2 aliphatic heterocycles. The summed E-state index contributed by atoms with van der Waals surface area (Å²) in [6.07, 6.45) is -4.39. The van der Waals surface area contributed by atoms with Crippen molar-refractivity contribution in [3.63, 3.8) is 0 Å². The summed E-state index contributed by atoms with van der Waals surface area (Å²) >= 11 is 0. The summed E-state index contributed by atoms with van der Waals surface area (Å²) in [6.45, 7) is 5.27. The second kappa shape index (κ2) is 10.3. The lowest BCUT2D eigenvalue weighted by atomic mass is 9.87. The Morgan fingerprint density at radius 2 is 1.47 bits per heavy atom. The predicted octanol–water partition coefficient (Wildman–Crippen LogP) is 5.38. The van der Waals surface area contributed by atoms with E-state index in [2.05, 4.69) is 21.9 Å². The van der Waals surface area contributed by atoms with Crippen molar-refractivity contribution in [1.29, 1.82) is 0 Å². The minimum absolute atomic E-state index is 0.0596. The Labute approximate surface area is 209 Å². The average molecular weight is 494 g/mol. The molecule has 3 aromatic carbocycles. The number of likely N-dealkylation sites (tertiary alicyclic amines) is 1. The SMILES string of the molecule is O=C(c1ccccc1)N1C[C@H](CN2CCN(c3ccccc3)CC2)[C@@H](c2cccc(C(F)(F)F)c2)C1. The van der Waals surface area contributed by atoms with E-state index in [1.165, 1.54) is 17.8 Å². The van der Waals surface area contributed by atoms with Crippen molar-refractivity contribution in [3.8, 4) is 0 Å². The second-order valence-corrected chi connectivity index (χ2v) is 9.69. The van der Waals surface area contributed by atoms with E-state index in [9.17, 15) is 18.0 Å². The Morgan fingerprint density at radius 1 is 0.806 bits per heavy atom. The first-order valence-corrected chi connectivity index (χ1v) is 12.4. The summed E-state index contributed by atoms with van der Waals surface area (Å²) in [7, 11) is 0. The topological polar surface area (TPSA) is 26.8 Å². The van der Waals surface area contributed by atoms with Gasteiger partial charge in [-0.2, -0.15) is 13.2 Å². The number of carbonyl (C=O) groups excluding carboxylic acids is 1. The molecule has 2 atom stereocenters. The molecule has 0 radical (unpaired) electrons. The van der Waals surface area contributed by atoms with Crippen LogP contribution in [0.15, 0.2) is 84.9 Å². The molecule has 1 amide bonds. The van der Waals surface area contributed by atoms with Gasteiger partial charge in [0.1, 0.15) is 0 Å². The number of para-hydroxylation sites is 1. The summed E-state index contributed by atoms with van der Waals surface area (Å²) in [5.41, 5.74) is 1.83. The third kappa shape index (κ3) is 5.41. The van der Waals surface area contributed by atoms with E-state index in [4.69, 9.17) is 0 Å². The zero-order chi connectivity index (χ0) is 25.1. The first kappa shape index (κ1) is 24.4. The molecule has 0 unspecified atom stereocenters. The van der Waals surface area contributed by atoms with Crippen LogP contribution in [0, 0.1) is 5.92 Å². The first-order chi connectivity index (χ1) is 17.4. The van der Waals surface area contributed by atoms with Crippen LogP contribution in [0.3, 0.4) is 0 Å². The highest BCUT2D eigenvalue weighted by Crippen LogP contribution is 2.37. The van der Waals surface area contributed by atoms with Gasteiger partial charge in [-0.1, -0.05) is 54.6 Å². The van der Waals surface area contributed by atoms with Gasteiger partial charge in [0.05, 0.1) is 5.56 Å². The number of hydrogen-bond acceptors (Lipinski definition) is 3. The molecule has 5 rings (SSSR count). The van der Waals surface area contributed by atoms with Crippen LogP contribution in [0.5, 0.6) is 0 Å². The fourth-order valence-corrected chi connectivity index (χ4v) is 5.47. The normalized spacial score (nSPS) is 21.1. The number of anilines is 1.